The molecule has 0 bridgehead atoms. The number of carbonyl (C=O) groups excluding carboxylic acids is 1. The summed E-state index contributed by atoms with van der Waals surface area (Å²) in [4.78, 5) is 22.7. The summed E-state index contributed by atoms with van der Waals surface area (Å²) >= 11 is 0. The van der Waals surface area contributed by atoms with E-state index in [1.54, 1.807) is 24.3 Å². The summed E-state index contributed by atoms with van der Waals surface area (Å²) in [5.74, 6) is 0.441. The van der Waals surface area contributed by atoms with Gasteiger partial charge in [-0.2, -0.15) is 5.26 Å². The van der Waals surface area contributed by atoms with Crippen LogP contribution in [0.4, 0.5) is 17.1 Å². The fourth-order valence-corrected chi connectivity index (χ4v) is 2.32. The van der Waals surface area contributed by atoms with Crippen molar-refractivity contribution >= 4 is 23.0 Å². The molecule has 0 fully saturated rings. The first-order valence-electron chi connectivity index (χ1n) is 8.16. The molecule has 0 aliphatic rings. The van der Waals surface area contributed by atoms with Crippen molar-refractivity contribution in [3.8, 4) is 23.3 Å². The highest BCUT2D eigenvalue weighted by molar-refractivity contribution is 6.06. The Morgan fingerprint density at radius 3 is 2.34 bits per heavy atom. The normalized spacial score (nSPS) is 10.5. The highest BCUT2D eigenvalue weighted by atomic mass is 16.6. The maximum atomic E-state index is 12.4. The Morgan fingerprint density at radius 2 is 1.76 bits per heavy atom. The second kappa shape index (κ2) is 9.61. The zero-order valence-electron chi connectivity index (χ0n) is 15.9. The number of carbonyl (C=O) groups is 1. The monoisotopic (exact) mass is 398 g/mol. The number of non-ortho nitro benzene ring substituents is 1. The minimum atomic E-state index is -0.659. The molecule has 29 heavy (non-hydrogen) atoms. The van der Waals surface area contributed by atoms with Crippen molar-refractivity contribution in [3.05, 3.63) is 58.3 Å². The van der Waals surface area contributed by atoms with Crippen molar-refractivity contribution in [2.24, 2.45) is 0 Å². The Hall–Kier alpha value is -4.26. The van der Waals surface area contributed by atoms with Crippen molar-refractivity contribution in [2.45, 2.75) is 0 Å². The summed E-state index contributed by atoms with van der Waals surface area (Å²) in [6.45, 7) is 0. The van der Waals surface area contributed by atoms with Gasteiger partial charge in [-0.15, -0.1) is 0 Å². The summed E-state index contributed by atoms with van der Waals surface area (Å²) < 4.78 is 15.4. The SMILES string of the molecule is COc1cc([N+](=O)[O-])ccc1N/C=C(/C#N)C(=O)Nc1ccc(OC)c(OC)c1. The van der Waals surface area contributed by atoms with E-state index in [1.807, 2.05) is 0 Å². The van der Waals surface area contributed by atoms with Gasteiger partial charge in [0.05, 0.1) is 38.0 Å². The molecule has 2 N–H and O–H groups in total. The summed E-state index contributed by atoms with van der Waals surface area (Å²) in [5.41, 5.74) is 0.384. The van der Waals surface area contributed by atoms with Gasteiger partial charge in [0.2, 0.25) is 0 Å². The maximum absolute atomic E-state index is 12.4. The number of rotatable bonds is 8. The van der Waals surface area contributed by atoms with Gasteiger partial charge in [0.25, 0.3) is 11.6 Å². The standard InChI is InChI=1S/C19H18N4O6/c1-27-16-7-4-13(8-18(16)29-3)22-19(24)12(10-20)11-21-15-6-5-14(23(25)26)9-17(15)28-2/h4-9,11,21H,1-3H3,(H,22,24)/b12-11-. The quantitative estimate of drug-likeness (QED) is 0.300. The lowest BCUT2D eigenvalue weighted by Crippen LogP contribution is -2.14. The summed E-state index contributed by atoms with van der Waals surface area (Å²) in [6, 6.07) is 10.5. The number of nitrogens with one attached hydrogen (secondary N) is 2. The summed E-state index contributed by atoms with van der Waals surface area (Å²) in [5, 5.41) is 25.5. The number of methoxy groups -OCH3 is 3. The second-order valence-electron chi connectivity index (χ2n) is 5.48. The third kappa shape index (κ3) is 5.14. The van der Waals surface area contributed by atoms with Crippen LogP contribution in [0.25, 0.3) is 0 Å². The molecule has 2 rings (SSSR count). The molecule has 10 nitrogen and oxygen atoms in total. The van der Waals surface area contributed by atoms with E-state index in [2.05, 4.69) is 10.6 Å². The Labute approximate surface area is 166 Å². The van der Waals surface area contributed by atoms with Crippen LogP contribution in [0, 0.1) is 21.4 Å². The van der Waals surface area contributed by atoms with Gasteiger partial charge in [-0.1, -0.05) is 0 Å². The molecule has 0 aromatic heterocycles. The highest BCUT2D eigenvalue weighted by Crippen LogP contribution is 2.30. The molecule has 0 spiro atoms. The third-order valence-corrected chi connectivity index (χ3v) is 3.77. The predicted molar refractivity (Wildman–Crippen MR) is 105 cm³/mol. The van der Waals surface area contributed by atoms with Crippen LogP contribution in [0.1, 0.15) is 0 Å². The minimum Gasteiger partial charge on any atom is -0.494 e. The molecule has 0 atom stereocenters. The largest absolute Gasteiger partial charge is 0.494 e. The van der Waals surface area contributed by atoms with Crippen LogP contribution >= 0.6 is 0 Å². The van der Waals surface area contributed by atoms with E-state index < -0.39 is 10.8 Å². The van der Waals surface area contributed by atoms with Crippen LogP contribution in [0.3, 0.4) is 0 Å². The van der Waals surface area contributed by atoms with E-state index in [1.165, 1.54) is 45.7 Å². The molecule has 1 amide bonds. The minimum absolute atomic E-state index is 0.150. The number of hydrogen-bond donors (Lipinski definition) is 2. The van der Waals surface area contributed by atoms with Crippen molar-refractivity contribution in [1.82, 2.24) is 0 Å². The van der Waals surface area contributed by atoms with Crippen molar-refractivity contribution in [2.75, 3.05) is 32.0 Å². The van der Waals surface area contributed by atoms with Gasteiger partial charge < -0.3 is 24.8 Å². The van der Waals surface area contributed by atoms with Crippen LogP contribution in [-0.2, 0) is 4.79 Å². The molecule has 0 aliphatic carbocycles. The first kappa shape index (κ1) is 21.0. The van der Waals surface area contributed by atoms with Gasteiger partial charge in [-0.3, -0.25) is 14.9 Å². The molecule has 0 radical (unpaired) electrons. The third-order valence-electron chi connectivity index (χ3n) is 3.77. The van der Waals surface area contributed by atoms with E-state index in [0.717, 1.165) is 0 Å². The molecule has 0 unspecified atom stereocenters. The smallest absolute Gasteiger partial charge is 0.273 e. The first-order chi connectivity index (χ1) is 13.9. The van der Waals surface area contributed by atoms with Gasteiger partial charge in [0.15, 0.2) is 11.5 Å². The van der Waals surface area contributed by atoms with E-state index in [9.17, 15) is 20.2 Å². The molecule has 0 aliphatic heterocycles. The number of nitriles is 1. The van der Waals surface area contributed by atoms with Gasteiger partial charge in [-0.05, 0) is 18.2 Å². The van der Waals surface area contributed by atoms with Gasteiger partial charge in [0.1, 0.15) is 17.4 Å². The van der Waals surface area contributed by atoms with Crippen LogP contribution in [0.15, 0.2) is 48.2 Å². The van der Waals surface area contributed by atoms with Crippen molar-refractivity contribution in [1.29, 1.82) is 5.26 Å². The Morgan fingerprint density at radius 1 is 1.07 bits per heavy atom. The molecular formula is C19H18N4O6. The van der Waals surface area contributed by atoms with Gasteiger partial charge in [0, 0.05) is 24.0 Å². The lowest BCUT2D eigenvalue weighted by molar-refractivity contribution is -0.384. The van der Waals surface area contributed by atoms with Crippen LogP contribution in [-0.4, -0.2) is 32.2 Å². The van der Waals surface area contributed by atoms with Gasteiger partial charge >= 0.3 is 0 Å². The number of anilines is 2. The van der Waals surface area contributed by atoms with Crippen LogP contribution in [0.5, 0.6) is 17.2 Å². The number of nitro groups is 1. The van der Waals surface area contributed by atoms with Crippen LogP contribution in [0.2, 0.25) is 0 Å². The lowest BCUT2D eigenvalue weighted by Gasteiger charge is -2.11. The molecule has 0 saturated carbocycles. The van der Waals surface area contributed by atoms with Crippen molar-refractivity contribution < 1.29 is 23.9 Å². The van der Waals surface area contributed by atoms with Crippen molar-refractivity contribution in [3.63, 3.8) is 0 Å². The molecule has 0 saturated heterocycles. The number of nitro benzene ring substituents is 1. The van der Waals surface area contributed by atoms with Crippen LogP contribution < -0.4 is 24.8 Å². The van der Waals surface area contributed by atoms with E-state index in [-0.39, 0.29) is 17.0 Å². The lowest BCUT2D eigenvalue weighted by atomic mass is 10.2. The zero-order valence-corrected chi connectivity index (χ0v) is 15.9. The Balaban J connectivity index is 2.19. The summed E-state index contributed by atoms with van der Waals surface area (Å²) in [6.07, 6.45) is 1.18. The number of nitrogens with zero attached hydrogens (tertiary/aromatic N) is 2. The van der Waals surface area contributed by atoms with Gasteiger partial charge in [-0.25, -0.2) is 0 Å². The second-order valence-corrected chi connectivity index (χ2v) is 5.48. The maximum Gasteiger partial charge on any atom is 0.273 e. The topological polar surface area (TPSA) is 136 Å². The van der Waals surface area contributed by atoms with E-state index >= 15 is 0 Å². The fourth-order valence-electron chi connectivity index (χ4n) is 2.32. The molecule has 2 aromatic rings. The number of hydrogen-bond acceptors (Lipinski definition) is 8. The number of benzene rings is 2. The number of amides is 1. The molecule has 0 heterocycles. The highest BCUT2D eigenvalue weighted by Gasteiger charge is 2.14. The Kier molecular flexibility index (Phi) is 6.97. The Bertz CT molecular complexity index is 997. The zero-order chi connectivity index (χ0) is 21.4. The molecule has 2 aromatic carbocycles. The number of ether oxygens (including phenoxy) is 3. The molecule has 10 heteroatoms. The summed E-state index contributed by atoms with van der Waals surface area (Å²) in [7, 11) is 4.30. The first-order valence-corrected chi connectivity index (χ1v) is 8.16. The predicted octanol–water partition coefficient (Wildman–Crippen LogP) is 3.08. The molecule has 150 valence electrons. The molecular weight excluding hydrogens is 380 g/mol. The fraction of sp³-hybridized carbons (Fsp3) is 0.158. The van der Waals surface area contributed by atoms with E-state index in [4.69, 9.17) is 14.2 Å². The average molecular weight is 398 g/mol. The van der Waals surface area contributed by atoms with E-state index in [0.29, 0.717) is 22.9 Å². The average Bonchev–Trinajstić information content (AvgIpc) is 2.73.